The van der Waals surface area contributed by atoms with Crippen molar-refractivity contribution < 1.29 is 4.74 Å². The van der Waals surface area contributed by atoms with Crippen molar-refractivity contribution in [2.75, 3.05) is 26.3 Å². The highest BCUT2D eigenvalue weighted by Crippen LogP contribution is 1.98. The number of hydrogen-bond acceptors (Lipinski definition) is 3. The fourth-order valence-electron chi connectivity index (χ4n) is 1.04. The largest absolute Gasteiger partial charge is 0.380 e. The molecule has 16 heavy (non-hydrogen) atoms. The fourth-order valence-corrected chi connectivity index (χ4v) is 1.04. The number of ether oxygens (including phenoxy) is 1. The second kappa shape index (κ2) is 10.7. The first-order valence-electron chi connectivity index (χ1n) is 6.03. The highest BCUT2D eigenvalue weighted by atomic mass is 16.5. The molecule has 4 N–H and O–H groups in total. The van der Waals surface area contributed by atoms with Crippen LogP contribution >= 0.6 is 0 Å². The van der Waals surface area contributed by atoms with E-state index in [-0.39, 0.29) is 0 Å². The van der Waals surface area contributed by atoms with Crippen molar-refractivity contribution in [1.82, 2.24) is 10.7 Å². The zero-order chi connectivity index (χ0) is 12.2. The molecule has 0 rings (SSSR count). The molecular formula is C11H26N4O. The molecule has 0 bridgehead atoms. The Morgan fingerprint density at radius 1 is 1.38 bits per heavy atom. The molecule has 0 spiro atoms. The van der Waals surface area contributed by atoms with Gasteiger partial charge in [-0.3, -0.25) is 10.4 Å². The van der Waals surface area contributed by atoms with Gasteiger partial charge in [-0.15, -0.1) is 0 Å². The van der Waals surface area contributed by atoms with E-state index in [9.17, 15) is 0 Å². The Kier molecular flexibility index (Phi) is 10.2. The van der Waals surface area contributed by atoms with Crippen LogP contribution in [0.4, 0.5) is 0 Å². The van der Waals surface area contributed by atoms with Crippen LogP contribution in [0.1, 0.15) is 33.6 Å². The van der Waals surface area contributed by atoms with Gasteiger partial charge in [-0.25, -0.2) is 5.84 Å². The lowest BCUT2D eigenvalue weighted by Gasteiger charge is -2.10. The van der Waals surface area contributed by atoms with E-state index in [1.165, 1.54) is 0 Å². The van der Waals surface area contributed by atoms with Crippen molar-refractivity contribution in [3.8, 4) is 0 Å². The van der Waals surface area contributed by atoms with Gasteiger partial charge in [-0.1, -0.05) is 20.8 Å². The van der Waals surface area contributed by atoms with E-state index in [1.807, 2.05) is 0 Å². The van der Waals surface area contributed by atoms with Crippen LogP contribution in [0.2, 0.25) is 0 Å². The molecule has 0 aliphatic heterocycles. The minimum atomic E-state index is 0.634. The van der Waals surface area contributed by atoms with Crippen LogP contribution in [0, 0.1) is 5.92 Å². The summed E-state index contributed by atoms with van der Waals surface area (Å²) in [7, 11) is 0. The monoisotopic (exact) mass is 230 g/mol. The number of nitrogens with zero attached hydrogens (tertiary/aromatic N) is 1. The summed E-state index contributed by atoms with van der Waals surface area (Å²) in [5.41, 5.74) is 2.53. The Balaban J connectivity index is 3.41. The molecular weight excluding hydrogens is 204 g/mol. The molecule has 0 fully saturated rings. The van der Waals surface area contributed by atoms with E-state index in [2.05, 4.69) is 36.5 Å². The van der Waals surface area contributed by atoms with E-state index >= 15 is 0 Å². The lowest BCUT2D eigenvalue weighted by atomic mass is 10.1. The molecule has 0 aromatic heterocycles. The molecule has 5 nitrogen and oxygen atoms in total. The summed E-state index contributed by atoms with van der Waals surface area (Å²) < 4.78 is 5.46. The molecule has 0 amide bonds. The quantitative estimate of drug-likeness (QED) is 0.190. The predicted octanol–water partition coefficient (Wildman–Crippen LogP) is 0.868. The number of rotatable bonds is 8. The molecule has 0 aromatic carbocycles. The molecule has 96 valence electrons. The predicted molar refractivity (Wildman–Crippen MR) is 68.2 cm³/mol. The lowest BCUT2D eigenvalue weighted by Crippen LogP contribution is -2.43. The average Bonchev–Trinajstić information content (AvgIpc) is 2.26. The molecule has 0 unspecified atom stereocenters. The molecule has 5 heteroatoms. The maximum Gasteiger partial charge on any atom is 0.205 e. The van der Waals surface area contributed by atoms with Crippen LogP contribution in [0.3, 0.4) is 0 Å². The van der Waals surface area contributed by atoms with Crippen molar-refractivity contribution in [1.29, 1.82) is 0 Å². The van der Waals surface area contributed by atoms with E-state index in [4.69, 9.17) is 10.6 Å². The number of nitrogens with two attached hydrogens (primary N) is 1. The standard InChI is InChI=1S/C11H26N4O/c1-4-6-13-11(15-12)14-7-9-16-8-5-10(2)3/h10H,4-9,12H2,1-3H3,(H2,13,14,15). The lowest BCUT2D eigenvalue weighted by molar-refractivity contribution is 0.128. The fraction of sp³-hybridized carbons (Fsp3) is 0.909. The second-order valence-corrected chi connectivity index (χ2v) is 4.10. The van der Waals surface area contributed by atoms with Gasteiger partial charge in [0.1, 0.15) is 0 Å². The maximum atomic E-state index is 5.46. The molecule has 0 atom stereocenters. The van der Waals surface area contributed by atoms with Crippen LogP contribution in [0.25, 0.3) is 0 Å². The number of aliphatic imine (C=N–C) groups is 1. The summed E-state index contributed by atoms with van der Waals surface area (Å²) in [6, 6.07) is 0. The average molecular weight is 230 g/mol. The van der Waals surface area contributed by atoms with E-state index < -0.39 is 0 Å². The maximum absolute atomic E-state index is 5.46. The summed E-state index contributed by atoms with van der Waals surface area (Å²) in [5, 5.41) is 3.08. The Morgan fingerprint density at radius 2 is 2.12 bits per heavy atom. The molecule has 0 heterocycles. The van der Waals surface area contributed by atoms with Gasteiger partial charge in [0.25, 0.3) is 0 Å². The molecule has 0 aliphatic rings. The van der Waals surface area contributed by atoms with Gasteiger partial charge in [-0.05, 0) is 18.8 Å². The van der Waals surface area contributed by atoms with Crippen LogP contribution in [-0.2, 0) is 4.74 Å². The Morgan fingerprint density at radius 3 is 2.69 bits per heavy atom. The number of hydrazine groups is 1. The molecule has 0 saturated carbocycles. The smallest absolute Gasteiger partial charge is 0.205 e. The minimum absolute atomic E-state index is 0.634. The summed E-state index contributed by atoms with van der Waals surface area (Å²) in [4.78, 5) is 4.22. The highest BCUT2D eigenvalue weighted by Gasteiger charge is 1.96. The minimum Gasteiger partial charge on any atom is -0.380 e. The van der Waals surface area contributed by atoms with Crippen LogP contribution in [-0.4, -0.2) is 32.3 Å². The zero-order valence-electron chi connectivity index (χ0n) is 10.8. The Bertz CT molecular complexity index is 183. The third-order valence-electron chi connectivity index (χ3n) is 2.01. The van der Waals surface area contributed by atoms with Gasteiger partial charge in [0.05, 0.1) is 6.61 Å². The summed E-state index contributed by atoms with van der Waals surface area (Å²) in [5.74, 6) is 6.64. The normalized spacial score (nSPS) is 11.9. The van der Waals surface area contributed by atoms with Crippen LogP contribution in [0.15, 0.2) is 4.99 Å². The summed E-state index contributed by atoms with van der Waals surface area (Å²) in [6.45, 7) is 9.46. The number of nitrogens with one attached hydrogen (secondary N) is 2. The number of guanidine groups is 1. The van der Waals surface area contributed by atoms with Gasteiger partial charge >= 0.3 is 0 Å². The topological polar surface area (TPSA) is 71.7 Å². The van der Waals surface area contributed by atoms with Crippen molar-refractivity contribution in [3.05, 3.63) is 0 Å². The second-order valence-electron chi connectivity index (χ2n) is 4.10. The van der Waals surface area contributed by atoms with Crippen molar-refractivity contribution in [2.24, 2.45) is 16.8 Å². The molecule has 0 aliphatic carbocycles. The number of hydrogen-bond donors (Lipinski definition) is 3. The van der Waals surface area contributed by atoms with E-state index in [0.29, 0.717) is 18.5 Å². The van der Waals surface area contributed by atoms with E-state index in [1.54, 1.807) is 0 Å². The van der Waals surface area contributed by atoms with Crippen molar-refractivity contribution in [2.45, 2.75) is 33.6 Å². The van der Waals surface area contributed by atoms with Crippen molar-refractivity contribution >= 4 is 5.96 Å². The van der Waals surface area contributed by atoms with Gasteiger partial charge in [0.15, 0.2) is 0 Å². The van der Waals surface area contributed by atoms with Crippen LogP contribution in [0.5, 0.6) is 0 Å². The van der Waals surface area contributed by atoms with Gasteiger partial charge in [0, 0.05) is 19.7 Å². The Labute approximate surface area is 98.8 Å². The highest BCUT2D eigenvalue weighted by molar-refractivity contribution is 5.79. The first-order chi connectivity index (χ1) is 7.70. The third-order valence-corrected chi connectivity index (χ3v) is 2.01. The van der Waals surface area contributed by atoms with Gasteiger partial charge < -0.3 is 10.1 Å². The Hall–Kier alpha value is -0.810. The van der Waals surface area contributed by atoms with Crippen LogP contribution < -0.4 is 16.6 Å². The van der Waals surface area contributed by atoms with E-state index in [0.717, 1.165) is 32.5 Å². The SMILES string of the molecule is CCCN=C(NN)NCCOCCC(C)C. The van der Waals surface area contributed by atoms with Gasteiger partial charge in [0.2, 0.25) is 5.96 Å². The summed E-state index contributed by atoms with van der Waals surface area (Å²) >= 11 is 0. The molecule has 0 saturated heterocycles. The van der Waals surface area contributed by atoms with Gasteiger partial charge in [-0.2, -0.15) is 0 Å². The first kappa shape index (κ1) is 15.2. The molecule has 0 radical (unpaired) electrons. The van der Waals surface area contributed by atoms with Crippen molar-refractivity contribution in [3.63, 3.8) is 0 Å². The third kappa shape index (κ3) is 9.73. The zero-order valence-corrected chi connectivity index (χ0v) is 10.8. The molecule has 0 aromatic rings. The summed E-state index contributed by atoms with van der Waals surface area (Å²) in [6.07, 6.45) is 2.11. The first-order valence-corrected chi connectivity index (χ1v) is 6.03.